The van der Waals surface area contributed by atoms with Gasteiger partial charge in [-0.2, -0.15) is 0 Å². The Morgan fingerprint density at radius 2 is 1.56 bits per heavy atom. The standard InChI is InChI=1S/C16H30O2/c1-4-6-8-9-10-11-12-14-18-16(17)15(3)13-7-5-2/h13H,4-12,14H2,1-3H3. The number of carbonyl (C=O) groups excluding carboxylic acids is 1. The molecule has 0 heterocycles. The number of hydrogen-bond donors (Lipinski definition) is 0. The molecule has 0 aromatic rings. The van der Waals surface area contributed by atoms with Crippen LogP contribution in [0.4, 0.5) is 0 Å². The lowest BCUT2D eigenvalue weighted by atomic mass is 10.1. The summed E-state index contributed by atoms with van der Waals surface area (Å²) in [4.78, 5) is 11.5. The van der Waals surface area contributed by atoms with E-state index in [1.54, 1.807) is 0 Å². The Balaban J connectivity index is 3.40. The summed E-state index contributed by atoms with van der Waals surface area (Å²) in [5, 5.41) is 0. The van der Waals surface area contributed by atoms with Crippen molar-refractivity contribution in [1.82, 2.24) is 0 Å². The van der Waals surface area contributed by atoms with Gasteiger partial charge in [-0.05, 0) is 19.8 Å². The molecule has 0 aromatic heterocycles. The first-order valence-electron chi connectivity index (χ1n) is 7.56. The van der Waals surface area contributed by atoms with E-state index in [1.807, 2.05) is 13.0 Å². The van der Waals surface area contributed by atoms with Gasteiger partial charge in [0.25, 0.3) is 0 Å². The molecule has 18 heavy (non-hydrogen) atoms. The third-order valence-corrected chi connectivity index (χ3v) is 3.04. The van der Waals surface area contributed by atoms with E-state index in [4.69, 9.17) is 4.74 Å². The van der Waals surface area contributed by atoms with Crippen molar-refractivity contribution in [3.8, 4) is 0 Å². The van der Waals surface area contributed by atoms with Gasteiger partial charge in [0.05, 0.1) is 6.61 Å². The van der Waals surface area contributed by atoms with Crippen molar-refractivity contribution in [1.29, 1.82) is 0 Å². The number of allylic oxidation sites excluding steroid dienone is 1. The van der Waals surface area contributed by atoms with Crippen LogP contribution in [-0.2, 0) is 9.53 Å². The lowest BCUT2D eigenvalue weighted by Crippen LogP contribution is -2.07. The largest absolute Gasteiger partial charge is 0.462 e. The van der Waals surface area contributed by atoms with E-state index >= 15 is 0 Å². The van der Waals surface area contributed by atoms with Gasteiger partial charge in [0.15, 0.2) is 0 Å². The Morgan fingerprint density at radius 3 is 2.17 bits per heavy atom. The molecule has 0 atom stereocenters. The Morgan fingerprint density at radius 1 is 0.944 bits per heavy atom. The maximum absolute atomic E-state index is 11.5. The first-order valence-corrected chi connectivity index (χ1v) is 7.56. The summed E-state index contributed by atoms with van der Waals surface area (Å²) in [6, 6.07) is 0. The topological polar surface area (TPSA) is 26.3 Å². The summed E-state index contributed by atoms with van der Waals surface area (Å²) in [5.74, 6) is -0.144. The highest BCUT2D eigenvalue weighted by atomic mass is 16.5. The normalized spacial score (nSPS) is 11.6. The molecule has 106 valence electrons. The highest BCUT2D eigenvalue weighted by Gasteiger charge is 2.04. The van der Waals surface area contributed by atoms with E-state index in [1.165, 1.54) is 38.5 Å². The molecule has 0 saturated heterocycles. The van der Waals surface area contributed by atoms with Crippen LogP contribution >= 0.6 is 0 Å². The maximum Gasteiger partial charge on any atom is 0.333 e. The molecule has 0 unspecified atom stereocenters. The van der Waals surface area contributed by atoms with Gasteiger partial charge in [0, 0.05) is 5.57 Å². The quantitative estimate of drug-likeness (QED) is 0.294. The molecule has 0 saturated carbocycles. The monoisotopic (exact) mass is 254 g/mol. The van der Waals surface area contributed by atoms with Crippen molar-refractivity contribution >= 4 is 5.97 Å². The van der Waals surface area contributed by atoms with Gasteiger partial charge in [0.2, 0.25) is 0 Å². The van der Waals surface area contributed by atoms with Crippen LogP contribution < -0.4 is 0 Å². The Labute approximate surface area is 113 Å². The molecule has 0 rings (SSSR count). The molecular weight excluding hydrogens is 224 g/mol. The summed E-state index contributed by atoms with van der Waals surface area (Å²) in [6.45, 7) is 6.74. The molecule has 0 radical (unpaired) electrons. The molecule has 0 aliphatic rings. The van der Waals surface area contributed by atoms with Crippen LogP contribution in [0, 0.1) is 0 Å². The van der Waals surface area contributed by atoms with Gasteiger partial charge in [-0.25, -0.2) is 4.79 Å². The summed E-state index contributed by atoms with van der Waals surface area (Å²) < 4.78 is 5.22. The lowest BCUT2D eigenvalue weighted by molar-refractivity contribution is -0.139. The second-order valence-electron chi connectivity index (χ2n) is 4.93. The van der Waals surface area contributed by atoms with E-state index in [-0.39, 0.29) is 5.97 Å². The minimum absolute atomic E-state index is 0.144. The van der Waals surface area contributed by atoms with Crippen LogP contribution in [0.15, 0.2) is 11.6 Å². The van der Waals surface area contributed by atoms with Gasteiger partial charge < -0.3 is 4.74 Å². The van der Waals surface area contributed by atoms with Crippen molar-refractivity contribution in [2.45, 2.75) is 78.6 Å². The SMILES string of the molecule is CCCC=C(C)C(=O)OCCCCCCCCC. The molecule has 0 fully saturated rings. The molecule has 0 spiro atoms. The number of esters is 1. The fraction of sp³-hybridized carbons (Fsp3) is 0.812. The second kappa shape index (κ2) is 12.7. The lowest BCUT2D eigenvalue weighted by Gasteiger charge is -2.05. The first kappa shape index (κ1) is 17.2. The summed E-state index contributed by atoms with van der Waals surface area (Å²) in [7, 11) is 0. The van der Waals surface area contributed by atoms with Crippen molar-refractivity contribution < 1.29 is 9.53 Å². The molecule has 0 amide bonds. The van der Waals surface area contributed by atoms with Gasteiger partial charge in [-0.15, -0.1) is 0 Å². The van der Waals surface area contributed by atoms with Crippen molar-refractivity contribution in [2.24, 2.45) is 0 Å². The third-order valence-electron chi connectivity index (χ3n) is 3.04. The van der Waals surface area contributed by atoms with E-state index < -0.39 is 0 Å². The van der Waals surface area contributed by atoms with Gasteiger partial charge >= 0.3 is 5.97 Å². The van der Waals surface area contributed by atoms with Crippen molar-refractivity contribution in [3.63, 3.8) is 0 Å². The average Bonchev–Trinajstić information content (AvgIpc) is 2.38. The number of ether oxygens (including phenoxy) is 1. The number of carbonyl (C=O) groups is 1. The number of hydrogen-bond acceptors (Lipinski definition) is 2. The van der Waals surface area contributed by atoms with Gasteiger partial charge in [-0.1, -0.05) is 64.9 Å². The second-order valence-corrected chi connectivity index (χ2v) is 4.93. The Kier molecular flexibility index (Phi) is 12.1. The highest BCUT2D eigenvalue weighted by molar-refractivity contribution is 5.87. The van der Waals surface area contributed by atoms with E-state index in [9.17, 15) is 4.79 Å². The summed E-state index contributed by atoms with van der Waals surface area (Å²) in [6.07, 6.45) is 12.7. The molecule has 0 N–H and O–H groups in total. The molecule has 0 bridgehead atoms. The van der Waals surface area contributed by atoms with E-state index in [0.29, 0.717) is 6.61 Å². The smallest absolute Gasteiger partial charge is 0.333 e. The maximum atomic E-state index is 11.5. The van der Waals surface area contributed by atoms with Crippen LogP contribution in [-0.4, -0.2) is 12.6 Å². The molecule has 0 aromatic carbocycles. The number of unbranched alkanes of at least 4 members (excludes halogenated alkanes) is 7. The zero-order valence-corrected chi connectivity index (χ0v) is 12.5. The zero-order chi connectivity index (χ0) is 13.6. The van der Waals surface area contributed by atoms with Crippen LogP contribution in [0.2, 0.25) is 0 Å². The molecule has 0 aliphatic heterocycles. The molecular formula is C16H30O2. The Bertz CT molecular complexity index is 231. The fourth-order valence-electron chi connectivity index (χ4n) is 1.78. The molecule has 2 heteroatoms. The first-order chi connectivity index (χ1) is 8.72. The summed E-state index contributed by atoms with van der Waals surface area (Å²) in [5.41, 5.74) is 0.750. The minimum Gasteiger partial charge on any atom is -0.462 e. The van der Waals surface area contributed by atoms with Crippen molar-refractivity contribution in [2.75, 3.05) is 6.61 Å². The highest BCUT2D eigenvalue weighted by Crippen LogP contribution is 2.07. The number of rotatable bonds is 11. The van der Waals surface area contributed by atoms with Crippen molar-refractivity contribution in [3.05, 3.63) is 11.6 Å². The van der Waals surface area contributed by atoms with Gasteiger partial charge in [-0.3, -0.25) is 0 Å². The third kappa shape index (κ3) is 10.4. The summed E-state index contributed by atoms with van der Waals surface area (Å²) >= 11 is 0. The fourth-order valence-corrected chi connectivity index (χ4v) is 1.78. The van der Waals surface area contributed by atoms with Crippen LogP contribution in [0.3, 0.4) is 0 Å². The molecule has 0 aliphatic carbocycles. The average molecular weight is 254 g/mol. The predicted octanol–water partition coefficient (Wildman–Crippen LogP) is 5.03. The molecule has 2 nitrogen and oxygen atoms in total. The van der Waals surface area contributed by atoms with Crippen LogP contribution in [0.5, 0.6) is 0 Å². The van der Waals surface area contributed by atoms with E-state index in [2.05, 4.69) is 13.8 Å². The minimum atomic E-state index is -0.144. The van der Waals surface area contributed by atoms with Crippen LogP contribution in [0.1, 0.15) is 78.6 Å². The zero-order valence-electron chi connectivity index (χ0n) is 12.5. The van der Waals surface area contributed by atoms with E-state index in [0.717, 1.165) is 24.8 Å². The van der Waals surface area contributed by atoms with Crippen LogP contribution in [0.25, 0.3) is 0 Å². The predicted molar refractivity (Wildman–Crippen MR) is 77.6 cm³/mol. The Hall–Kier alpha value is -0.790. The van der Waals surface area contributed by atoms with Gasteiger partial charge in [0.1, 0.15) is 0 Å².